The van der Waals surface area contributed by atoms with Crippen LogP contribution < -0.4 is 28.4 Å². The zero-order valence-electron chi connectivity index (χ0n) is 29.4. The van der Waals surface area contributed by atoms with Crippen molar-refractivity contribution in [3.63, 3.8) is 0 Å². The third-order valence-corrected chi connectivity index (χ3v) is 11.0. The summed E-state index contributed by atoms with van der Waals surface area (Å²) in [5.41, 5.74) is 6.23. The number of rotatable bonds is 4. The van der Waals surface area contributed by atoms with Gasteiger partial charge in [-0.15, -0.1) is 0 Å². The number of hydrogen-bond acceptors (Lipinski definition) is 8. The van der Waals surface area contributed by atoms with E-state index < -0.39 is 11.1 Å². The summed E-state index contributed by atoms with van der Waals surface area (Å²) in [6, 6.07) is 21.1. The largest absolute Gasteiger partial charge is 0.493 e. The molecule has 0 amide bonds. The second kappa shape index (κ2) is 12.2. The van der Waals surface area contributed by atoms with Gasteiger partial charge in [0.05, 0.1) is 39.5 Å². The Morgan fingerprint density at radius 1 is 0.562 bits per heavy atom. The van der Waals surface area contributed by atoms with Crippen molar-refractivity contribution in [3.8, 4) is 46.0 Å². The Balaban J connectivity index is 1.46. The van der Waals surface area contributed by atoms with Gasteiger partial charge in [-0.25, -0.2) is 0 Å². The van der Waals surface area contributed by atoms with Crippen molar-refractivity contribution < 1.29 is 28.4 Å². The van der Waals surface area contributed by atoms with Crippen LogP contribution in [0.5, 0.6) is 46.0 Å². The second-order valence-electron chi connectivity index (χ2n) is 13.7. The first-order valence-electron chi connectivity index (χ1n) is 16.7. The first-order valence-corrected chi connectivity index (χ1v) is 16.7. The normalized spacial score (nSPS) is 22.0. The van der Waals surface area contributed by atoms with Gasteiger partial charge in [0.25, 0.3) is 0 Å². The number of benzene rings is 4. The van der Waals surface area contributed by atoms with Crippen LogP contribution in [-0.4, -0.2) is 65.4 Å². The highest BCUT2D eigenvalue weighted by atomic mass is 16.5. The maximum absolute atomic E-state index is 6.86. The molecule has 0 aliphatic carbocycles. The van der Waals surface area contributed by atoms with Gasteiger partial charge in [-0.3, -0.25) is 9.80 Å². The summed E-state index contributed by atoms with van der Waals surface area (Å²) in [4.78, 5) is 4.84. The molecule has 48 heavy (non-hydrogen) atoms. The number of methoxy groups -OCH3 is 4. The second-order valence-corrected chi connectivity index (χ2v) is 13.7. The Bertz CT molecular complexity index is 1700. The Morgan fingerprint density at radius 3 is 1.27 bits per heavy atom. The van der Waals surface area contributed by atoms with Crippen molar-refractivity contribution in [1.29, 1.82) is 0 Å². The Kier molecular flexibility index (Phi) is 8.20. The number of likely N-dealkylation sites (N-methyl/N-ethyl adjacent to an activating group) is 2. The molecule has 0 saturated heterocycles. The molecule has 0 unspecified atom stereocenters. The van der Waals surface area contributed by atoms with Gasteiger partial charge in [0.2, 0.25) is 11.5 Å². The van der Waals surface area contributed by atoms with Gasteiger partial charge in [-0.2, -0.15) is 0 Å². The minimum Gasteiger partial charge on any atom is -0.493 e. The Labute approximate surface area is 284 Å². The zero-order valence-corrected chi connectivity index (χ0v) is 29.4. The van der Waals surface area contributed by atoms with E-state index in [1.54, 1.807) is 28.4 Å². The molecule has 0 saturated carbocycles. The molecule has 2 atom stereocenters. The fourth-order valence-electron chi connectivity index (χ4n) is 8.07. The summed E-state index contributed by atoms with van der Waals surface area (Å²) in [5, 5.41) is 0. The summed E-state index contributed by atoms with van der Waals surface area (Å²) >= 11 is 0. The van der Waals surface area contributed by atoms with Crippen LogP contribution in [0.4, 0.5) is 0 Å². The van der Waals surface area contributed by atoms with Crippen LogP contribution >= 0.6 is 0 Å². The Morgan fingerprint density at radius 2 is 0.938 bits per heavy atom. The number of ether oxygens (including phenoxy) is 6. The lowest BCUT2D eigenvalue weighted by atomic mass is 9.77. The molecule has 252 valence electrons. The van der Waals surface area contributed by atoms with E-state index in [1.807, 2.05) is 0 Å². The van der Waals surface area contributed by atoms with Crippen LogP contribution in [0.1, 0.15) is 47.2 Å². The third kappa shape index (κ3) is 5.13. The van der Waals surface area contributed by atoms with E-state index in [0.717, 1.165) is 61.4 Å². The van der Waals surface area contributed by atoms with Gasteiger partial charge < -0.3 is 28.4 Å². The fraction of sp³-hybridized carbons (Fsp3) is 0.400. The van der Waals surface area contributed by atoms with Crippen LogP contribution in [0.2, 0.25) is 0 Å². The van der Waals surface area contributed by atoms with Crippen molar-refractivity contribution >= 4 is 0 Å². The van der Waals surface area contributed by atoms with E-state index in [-0.39, 0.29) is 0 Å². The summed E-state index contributed by atoms with van der Waals surface area (Å²) in [6.07, 6.45) is 3.26. The SMILES string of the molecule is COc1cc2c3c(c1OC)Oc1ccc(cc1)C[C@]1(C)c4c(cc(OC)c(OC)c4Oc4ccc(cc4)C[C@@]3(C)N(C)CC2)CCN1C. The van der Waals surface area contributed by atoms with Crippen molar-refractivity contribution in [1.82, 2.24) is 9.80 Å². The van der Waals surface area contributed by atoms with Gasteiger partial charge in [0.1, 0.15) is 11.5 Å². The molecule has 6 aliphatic rings. The molecule has 0 radical (unpaired) electrons. The first-order chi connectivity index (χ1) is 23.1. The van der Waals surface area contributed by atoms with E-state index in [1.165, 1.54) is 22.3 Å². The number of nitrogens with zero attached hydrogens (tertiary/aromatic N) is 2. The van der Waals surface area contributed by atoms with E-state index in [9.17, 15) is 0 Å². The highest BCUT2D eigenvalue weighted by Gasteiger charge is 2.43. The molecule has 6 aliphatic heterocycles. The van der Waals surface area contributed by atoms with E-state index in [0.29, 0.717) is 34.5 Å². The van der Waals surface area contributed by atoms with Crippen LogP contribution in [0.15, 0.2) is 60.7 Å². The number of hydrogen-bond donors (Lipinski definition) is 0. The molecule has 0 aromatic heterocycles. The van der Waals surface area contributed by atoms with E-state index >= 15 is 0 Å². The smallest absolute Gasteiger partial charge is 0.204 e. The van der Waals surface area contributed by atoms with Crippen molar-refractivity contribution in [3.05, 3.63) is 94.0 Å². The summed E-state index contributed by atoms with van der Waals surface area (Å²) in [7, 11) is 11.1. The minimum absolute atomic E-state index is 0.391. The van der Waals surface area contributed by atoms with Crippen LogP contribution in [0.3, 0.4) is 0 Å². The molecular weight excluding hydrogens is 604 g/mol. The summed E-state index contributed by atoms with van der Waals surface area (Å²) in [5.74, 6) is 5.44. The predicted octanol–water partition coefficient (Wildman–Crippen LogP) is 7.51. The molecule has 0 fully saturated rings. The van der Waals surface area contributed by atoms with Gasteiger partial charge in [0, 0.05) is 24.2 Å². The monoisotopic (exact) mass is 650 g/mol. The molecule has 4 bridgehead atoms. The van der Waals surface area contributed by atoms with Gasteiger partial charge in [-0.05, 0) is 112 Å². The van der Waals surface area contributed by atoms with Crippen LogP contribution in [0.25, 0.3) is 0 Å². The third-order valence-electron chi connectivity index (χ3n) is 11.0. The zero-order chi connectivity index (χ0) is 33.8. The molecule has 8 heteroatoms. The van der Waals surface area contributed by atoms with Gasteiger partial charge in [0.15, 0.2) is 23.0 Å². The average molecular weight is 651 g/mol. The summed E-state index contributed by atoms with van der Waals surface area (Å²) in [6.45, 7) is 6.39. The molecule has 0 N–H and O–H groups in total. The first kappa shape index (κ1) is 32.2. The van der Waals surface area contributed by atoms with E-state index in [2.05, 4.69) is 98.4 Å². The lowest BCUT2D eigenvalue weighted by Gasteiger charge is -2.46. The predicted molar refractivity (Wildman–Crippen MR) is 187 cm³/mol. The van der Waals surface area contributed by atoms with Crippen molar-refractivity contribution in [2.45, 2.75) is 50.6 Å². The maximum Gasteiger partial charge on any atom is 0.204 e. The van der Waals surface area contributed by atoms with Crippen LogP contribution in [-0.2, 0) is 36.8 Å². The molecular formula is C40H46N2O6. The van der Waals surface area contributed by atoms with Gasteiger partial charge >= 0.3 is 0 Å². The molecule has 8 nitrogen and oxygen atoms in total. The fourth-order valence-corrected chi connectivity index (χ4v) is 8.07. The maximum atomic E-state index is 6.86. The van der Waals surface area contributed by atoms with E-state index in [4.69, 9.17) is 28.4 Å². The molecule has 0 spiro atoms. The highest BCUT2D eigenvalue weighted by Crippen LogP contribution is 2.54. The van der Waals surface area contributed by atoms with Gasteiger partial charge in [-0.1, -0.05) is 24.3 Å². The molecule has 4 aromatic carbocycles. The highest BCUT2D eigenvalue weighted by molar-refractivity contribution is 5.65. The molecule has 6 heterocycles. The average Bonchev–Trinajstić information content (AvgIpc) is 3.09. The minimum atomic E-state index is -0.391. The quantitative estimate of drug-likeness (QED) is 0.225. The standard InChI is InChI=1S/C40H46N2O6/c1-39-23-25-9-13-30(14-10-25)48-38-34-28(22-32(44-6)36(38)46-8)18-20-42(4)40(34,2)24-26-11-15-29(16-12-26)47-37-33(39)27(17-19-41(39)3)21-31(43-5)35(37)45-7/h9-16,21-22H,17-20,23-24H2,1-8H3/t39-,40-/m1/s1. The summed E-state index contributed by atoms with van der Waals surface area (Å²) < 4.78 is 37.4. The van der Waals surface area contributed by atoms with Crippen molar-refractivity contribution in [2.24, 2.45) is 0 Å². The topological polar surface area (TPSA) is 61.9 Å². The van der Waals surface area contributed by atoms with Crippen molar-refractivity contribution in [2.75, 3.05) is 55.6 Å². The molecule has 10 rings (SSSR count). The van der Waals surface area contributed by atoms with Crippen LogP contribution in [0, 0.1) is 0 Å². The Hall–Kier alpha value is -4.40. The molecule has 4 aromatic rings. The lowest BCUT2D eigenvalue weighted by molar-refractivity contribution is 0.118. The lowest BCUT2D eigenvalue weighted by Crippen LogP contribution is -2.48.